The minimum Gasteiger partial charge on any atom is -0.479 e. The Kier molecular flexibility index (Phi) is 15.4. The zero-order valence-corrected chi connectivity index (χ0v) is 14.2. The zero-order valence-electron chi connectivity index (χ0n) is 14.2. The van der Waals surface area contributed by atoms with E-state index < -0.39 is 12.1 Å². The highest BCUT2D eigenvalue weighted by atomic mass is 16.5. The van der Waals surface area contributed by atoms with Crippen molar-refractivity contribution in [2.75, 3.05) is 6.61 Å². The van der Waals surface area contributed by atoms with Gasteiger partial charge in [0.1, 0.15) is 0 Å². The van der Waals surface area contributed by atoms with Gasteiger partial charge in [-0.25, -0.2) is 4.79 Å². The summed E-state index contributed by atoms with van der Waals surface area (Å²) in [6.07, 6.45) is 16.5. The zero-order chi connectivity index (χ0) is 15.8. The number of unbranched alkanes of at least 4 members (excludes halogenated alkanes) is 12. The molecule has 0 aliphatic rings. The van der Waals surface area contributed by atoms with Crippen molar-refractivity contribution >= 4 is 5.97 Å². The molecule has 0 aromatic carbocycles. The summed E-state index contributed by atoms with van der Waals surface area (Å²) in [5, 5.41) is 8.66. The van der Waals surface area contributed by atoms with Crippen LogP contribution in [0.3, 0.4) is 0 Å². The van der Waals surface area contributed by atoms with Gasteiger partial charge in [-0.15, -0.1) is 0 Å². The first kappa shape index (κ1) is 20.4. The van der Waals surface area contributed by atoms with Gasteiger partial charge in [-0.2, -0.15) is 0 Å². The monoisotopic (exact) mass is 300 g/mol. The topological polar surface area (TPSA) is 46.5 Å². The van der Waals surface area contributed by atoms with E-state index in [1.54, 1.807) is 6.92 Å². The van der Waals surface area contributed by atoms with Gasteiger partial charge in [0.2, 0.25) is 0 Å². The largest absolute Gasteiger partial charge is 0.479 e. The fourth-order valence-corrected chi connectivity index (χ4v) is 2.45. The molecule has 3 nitrogen and oxygen atoms in total. The van der Waals surface area contributed by atoms with Gasteiger partial charge >= 0.3 is 5.97 Å². The quantitative estimate of drug-likeness (QED) is 0.379. The Balaban J connectivity index is 3.04. The number of aliphatic carboxylic acids is 1. The number of carboxylic acid groups (broad SMARTS) is 1. The highest BCUT2D eigenvalue weighted by molar-refractivity contribution is 5.71. The minimum atomic E-state index is -0.871. The van der Waals surface area contributed by atoms with Crippen LogP contribution in [0.1, 0.15) is 97.3 Å². The molecule has 0 aromatic rings. The van der Waals surface area contributed by atoms with Crippen LogP contribution < -0.4 is 0 Å². The molecule has 0 aromatic heterocycles. The molecule has 0 fully saturated rings. The Morgan fingerprint density at radius 3 is 1.57 bits per heavy atom. The van der Waals surface area contributed by atoms with Crippen LogP contribution in [0, 0.1) is 0 Å². The lowest BCUT2D eigenvalue weighted by Gasteiger charge is -2.07. The van der Waals surface area contributed by atoms with Crippen LogP contribution in [0.5, 0.6) is 0 Å². The summed E-state index contributed by atoms with van der Waals surface area (Å²) in [5.41, 5.74) is 0. The molecule has 1 unspecified atom stereocenters. The van der Waals surface area contributed by atoms with Gasteiger partial charge in [-0.05, 0) is 13.3 Å². The molecule has 1 atom stereocenters. The van der Waals surface area contributed by atoms with Crippen LogP contribution in [0.4, 0.5) is 0 Å². The van der Waals surface area contributed by atoms with Crippen LogP contribution in [0.2, 0.25) is 0 Å². The average Bonchev–Trinajstić information content (AvgIpc) is 2.47. The van der Waals surface area contributed by atoms with Crippen LogP contribution in [0.15, 0.2) is 0 Å². The lowest BCUT2D eigenvalue weighted by molar-refractivity contribution is -0.149. The Bertz CT molecular complexity index is 229. The molecule has 0 aliphatic heterocycles. The summed E-state index contributed by atoms with van der Waals surface area (Å²) in [4.78, 5) is 10.5. The third-order valence-electron chi connectivity index (χ3n) is 3.96. The Morgan fingerprint density at radius 2 is 1.19 bits per heavy atom. The number of rotatable bonds is 16. The van der Waals surface area contributed by atoms with E-state index in [0.29, 0.717) is 6.61 Å². The molecule has 0 amide bonds. The predicted octanol–water partition coefficient (Wildman–Crippen LogP) is 5.57. The van der Waals surface area contributed by atoms with Crippen molar-refractivity contribution in [2.45, 2.75) is 103 Å². The van der Waals surface area contributed by atoms with E-state index >= 15 is 0 Å². The molecule has 21 heavy (non-hydrogen) atoms. The highest BCUT2D eigenvalue weighted by Gasteiger charge is 2.09. The van der Waals surface area contributed by atoms with E-state index in [4.69, 9.17) is 9.84 Å². The molecule has 0 saturated carbocycles. The van der Waals surface area contributed by atoms with E-state index in [1.807, 2.05) is 0 Å². The molecular formula is C18H36O3. The molecule has 0 rings (SSSR count). The fraction of sp³-hybridized carbons (Fsp3) is 0.944. The molecule has 0 bridgehead atoms. The standard InChI is InChI=1S/C18H36O3/c1-3-4-5-6-7-8-9-10-11-12-13-14-15-16-21-17(2)18(19)20/h17H,3-16H2,1-2H3,(H,19,20). The average molecular weight is 300 g/mol. The summed E-state index contributed by atoms with van der Waals surface area (Å²) in [5.74, 6) is -0.871. The fourth-order valence-electron chi connectivity index (χ4n) is 2.45. The number of hydrogen-bond acceptors (Lipinski definition) is 2. The molecular weight excluding hydrogens is 264 g/mol. The number of carbonyl (C=O) groups is 1. The summed E-state index contributed by atoms with van der Waals surface area (Å²) in [6, 6.07) is 0. The van der Waals surface area contributed by atoms with E-state index in [1.165, 1.54) is 70.6 Å². The third-order valence-corrected chi connectivity index (χ3v) is 3.96. The van der Waals surface area contributed by atoms with E-state index in [9.17, 15) is 4.79 Å². The van der Waals surface area contributed by atoms with E-state index in [2.05, 4.69) is 6.92 Å². The number of carboxylic acids is 1. The summed E-state index contributed by atoms with van der Waals surface area (Å²) in [6.45, 7) is 4.43. The first-order valence-corrected chi connectivity index (χ1v) is 9.03. The number of hydrogen-bond donors (Lipinski definition) is 1. The maximum atomic E-state index is 10.5. The van der Waals surface area contributed by atoms with Gasteiger partial charge < -0.3 is 9.84 Å². The van der Waals surface area contributed by atoms with Crippen molar-refractivity contribution < 1.29 is 14.6 Å². The van der Waals surface area contributed by atoms with Gasteiger partial charge in [-0.1, -0.05) is 84.0 Å². The predicted molar refractivity (Wildman–Crippen MR) is 88.7 cm³/mol. The first-order chi connectivity index (χ1) is 10.2. The van der Waals surface area contributed by atoms with Crippen molar-refractivity contribution in [3.8, 4) is 0 Å². The summed E-state index contributed by atoms with van der Waals surface area (Å²) < 4.78 is 5.20. The molecule has 1 N–H and O–H groups in total. The molecule has 0 heterocycles. The lowest BCUT2D eigenvalue weighted by atomic mass is 10.0. The molecule has 0 aliphatic carbocycles. The Labute approximate surface area is 131 Å². The van der Waals surface area contributed by atoms with Gasteiger partial charge in [0.15, 0.2) is 6.10 Å². The second-order valence-corrected chi connectivity index (χ2v) is 6.09. The lowest BCUT2D eigenvalue weighted by Crippen LogP contribution is -2.20. The maximum absolute atomic E-state index is 10.5. The Hall–Kier alpha value is -0.570. The second kappa shape index (κ2) is 15.8. The maximum Gasteiger partial charge on any atom is 0.332 e. The summed E-state index contributed by atoms with van der Waals surface area (Å²) >= 11 is 0. The summed E-state index contributed by atoms with van der Waals surface area (Å²) in [7, 11) is 0. The van der Waals surface area contributed by atoms with Crippen molar-refractivity contribution in [3.63, 3.8) is 0 Å². The SMILES string of the molecule is CCCCCCCCCCCCCCCOC(C)C(=O)O. The molecule has 3 heteroatoms. The highest BCUT2D eigenvalue weighted by Crippen LogP contribution is 2.12. The van der Waals surface area contributed by atoms with Gasteiger partial charge in [0, 0.05) is 6.61 Å². The van der Waals surface area contributed by atoms with Crippen molar-refractivity contribution in [1.29, 1.82) is 0 Å². The first-order valence-electron chi connectivity index (χ1n) is 9.03. The third kappa shape index (κ3) is 15.6. The molecule has 126 valence electrons. The number of ether oxygens (including phenoxy) is 1. The molecule has 0 saturated heterocycles. The van der Waals surface area contributed by atoms with Gasteiger partial charge in [-0.3, -0.25) is 0 Å². The second-order valence-electron chi connectivity index (χ2n) is 6.09. The minimum absolute atomic E-state index is 0.575. The molecule has 0 radical (unpaired) electrons. The normalized spacial score (nSPS) is 12.5. The van der Waals surface area contributed by atoms with E-state index in [-0.39, 0.29) is 0 Å². The van der Waals surface area contributed by atoms with Gasteiger partial charge in [0.05, 0.1) is 0 Å². The molecule has 0 spiro atoms. The Morgan fingerprint density at radius 1 is 0.810 bits per heavy atom. The van der Waals surface area contributed by atoms with Crippen LogP contribution in [-0.4, -0.2) is 23.8 Å². The van der Waals surface area contributed by atoms with Gasteiger partial charge in [0.25, 0.3) is 0 Å². The van der Waals surface area contributed by atoms with Crippen LogP contribution >= 0.6 is 0 Å². The van der Waals surface area contributed by atoms with Crippen LogP contribution in [0.25, 0.3) is 0 Å². The smallest absolute Gasteiger partial charge is 0.332 e. The van der Waals surface area contributed by atoms with Crippen molar-refractivity contribution in [2.24, 2.45) is 0 Å². The van der Waals surface area contributed by atoms with E-state index in [0.717, 1.165) is 12.8 Å². The van der Waals surface area contributed by atoms with Crippen LogP contribution in [-0.2, 0) is 9.53 Å². The van der Waals surface area contributed by atoms with Crippen molar-refractivity contribution in [1.82, 2.24) is 0 Å². The van der Waals surface area contributed by atoms with Crippen molar-refractivity contribution in [3.05, 3.63) is 0 Å².